The van der Waals surface area contributed by atoms with E-state index >= 15 is 0 Å². The summed E-state index contributed by atoms with van der Waals surface area (Å²) in [6, 6.07) is 4.17. The number of carbonyl (C=O) groups excluding carboxylic acids is 3. The third-order valence-electron chi connectivity index (χ3n) is 3.24. The van der Waals surface area contributed by atoms with Gasteiger partial charge in [0.1, 0.15) is 5.75 Å². The Morgan fingerprint density at radius 3 is 2.36 bits per heavy atom. The zero-order valence-corrected chi connectivity index (χ0v) is 15.5. The summed E-state index contributed by atoms with van der Waals surface area (Å²) >= 11 is 0. The fourth-order valence-corrected chi connectivity index (χ4v) is 1.87. The maximum Gasteiger partial charge on any atom is 0.243 e. The number of nitrogens with two attached hydrogens (primary N) is 1. The van der Waals surface area contributed by atoms with Crippen molar-refractivity contribution in [3.8, 4) is 5.75 Å². The summed E-state index contributed by atoms with van der Waals surface area (Å²) in [5.74, 6) is -0.644. The molecule has 25 heavy (non-hydrogen) atoms. The van der Waals surface area contributed by atoms with Crippen molar-refractivity contribution in [3.05, 3.63) is 18.2 Å². The number of methoxy groups -OCH3 is 1. The van der Waals surface area contributed by atoms with Gasteiger partial charge in [0, 0.05) is 12.6 Å². The minimum absolute atomic E-state index is 0. The molecule has 0 unspecified atom stereocenters. The molecule has 1 rings (SSSR count). The first kappa shape index (κ1) is 22.7. The Labute approximate surface area is 153 Å². The van der Waals surface area contributed by atoms with E-state index in [2.05, 4.69) is 16.0 Å². The summed E-state index contributed by atoms with van der Waals surface area (Å²) in [5.41, 5.74) is 6.61. The maximum atomic E-state index is 12.0. The molecule has 0 bridgehead atoms. The van der Waals surface area contributed by atoms with Gasteiger partial charge in [-0.25, -0.2) is 0 Å². The quantitative estimate of drug-likeness (QED) is 0.571. The standard InChI is InChI=1S/C16H24N4O4.ClH/c1-9(2)15(17)16(23)18-8-14(22)20-12-7-11(19-10(3)21)5-6-13(12)24-4;/h5-7,9,15H,8,17H2,1-4H3,(H,18,23)(H,19,21)(H,20,22);1H/t15-;/m0./s1. The second kappa shape index (κ2) is 10.5. The number of benzene rings is 1. The van der Waals surface area contributed by atoms with E-state index in [1.165, 1.54) is 14.0 Å². The molecule has 1 aromatic carbocycles. The molecule has 0 saturated heterocycles. The number of ether oxygens (including phenoxy) is 1. The molecule has 0 aliphatic heterocycles. The van der Waals surface area contributed by atoms with Crippen LogP contribution < -0.4 is 26.4 Å². The smallest absolute Gasteiger partial charge is 0.243 e. The van der Waals surface area contributed by atoms with Crippen LogP contribution in [-0.2, 0) is 14.4 Å². The van der Waals surface area contributed by atoms with E-state index in [9.17, 15) is 14.4 Å². The Bertz CT molecular complexity index is 622. The molecule has 0 saturated carbocycles. The Morgan fingerprint density at radius 2 is 1.84 bits per heavy atom. The first-order chi connectivity index (χ1) is 11.2. The highest BCUT2D eigenvalue weighted by Crippen LogP contribution is 2.27. The highest BCUT2D eigenvalue weighted by molar-refractivity contribution is 5.97. The van der Waals surface area contributed by atoms with Crippen LogP contribution in [0.2, 0.25) is 0 Å². The van der Waals surface area contributed by atoms with E-state index in [0.717, 1.165) is 0 Å². The number of anilines is 2. The van der Waals surface area contributed by atoms with Gasteiger partial charge in [0.25, 0.3) is 0 Å². The van der Waals surface area contributed by atoms with Gasteiger partial charge < -0.3 is 26.4 Å². The average Bonchev–Trinajstić information content (AvgIpc) is 2.51. The number of rotatable bonds is 7. The molecule has 8 nitrogen and oxygen atoms in total. The molecule has 0 fully saturated rings. The van der Waals surface area contributed by atoms with Crippen molar-refractivity contribution in [1.29, 1.82) is 0 Å². The maximum absolute atomic E-state index is 12.0. The molecular formula is C16H25ClN4O4. The van der Waals surface area contributed by atoms with Gasteiger partial charge in [-0.1, -0.05) is 13.8 Å². The van der Waals surface area contributed by atoms with Gasteiger partial charge in [-0.2, -0.15) is 0 Å². The third kappa shape index (κ3) is 7.40. The summed E-state index contributed by atoms with van der Waals surface area (Å²) in [7, 11) is 1.46. The van der Waals surface area contributed by atoms with Crippen LogP contribution in [-0.4, -0.2) is 37.4 Å². The molecule has 1 atom stereocenters. The number of carbonyl (C=O) groups is 3. The van der Waals surface area contributed by atoms with Crippen molar-refractivity contribution < 1.29 is 19.1 Å². The Kier molecular flexibility index (Phi) is 9.55. The minimum Gasteiger partial charge on any atom is -0.495 e. The summed E-state index contributed by atoms with van der Waals surface area (Å²) in [6.07, 6.45) is 0. The number of halogens is 1. The van der Waals surface area contributed by atoms with Gasteiger partial charge in [-0.05, 0) is 24.1 Å². The predicted octanol–water partition coefficient (Wildman–Crippen LogP) is 1.11. The van der Waals surface area contributed by atoms with E-state index in [-0.39, 0.29) is 36.7 Å². The molecule has 0 aromatic heterocycles. The second-order valence-corrected chi connectivity index (χ2v) is 5.63. The molecule has 1 aromatic rings. The van der Waals surface area contributed by atoms with Gasteiger partial charge in [-0.3, -0.25) is 14.4 Å². The van der Waals surface area contributed by atoms with Crippen molar-refractivity contribution in [1.82, 2.24) is 5.32 Å². The molecule has 0 heterocycles. The largest absolute Gasteiger partial charge is 0.495 e. The van der Waals surface area contributed by atoms with Crippen LogP contribution in [0.15, 0.2) is 18.2 Å². The molecule has 0 aliphatic rings. The highest BCUT2D eigenvalue weighted by atomic mass is 35.5. The first-order valence-corrected chi connectivity index (χ1v) is 7.53. The van der Waals surface area contributed by atoms with Crippen LogP contribution in [0.5, 0.6) is 5.75 Å². The first-order valence-electron chi connectivity index (χ1n) is 7.53. The van der Waals surface area contributed by atoms with E-state index < -0.39 is 11.9 Å². The predicted molar refractivity (Wildman–Crippen MR) is 99.0 cm³/mol. The highest BCUT2D eigenvalue weighted by Gasteiger charge is 2.18. The Morgan fingerprint density at radius 1 is 1.20 bits per heavy atom. The van der Waals surface area contributed by atoms with E-state index in [4.69, 9.17) is 10.5 Å². The van der Waals surface area contributed by atoms with E-state index in [0.29, 0.717) is 17.1 Å². The zero-order chi connectivity index (χ0) is 18.3. The molecule has 140 valence electrons. The number of nitrogens with one attached hydrogen (secondary N) is 3. The van der Waals surface area contributed by atoms with Gasteiger partial charge in [0.15, 0.2) is 0 Å². The van der Waals surface area contributed by atoms with Crippen LogP contribution in [0.3, 0.4) is 0 Å². The molecule has 3 amide bonds. The number of hydrogen-bond donors (Lipinski definition) is 4. The molecule has 5 N–H and O–H groups in total. The third-order valence-corrected chi connectivity index (χ3v) is 3.24. The average molecular weight is 373 g/mol. The van der Waals surface area contributed by atoms with Crippen LogP contribution >= 0.6 is 12.4 Å². The molecular weight excluding hydrogens is 348 g/mol. The van der Waals surface area contributed by atoms with Gasteiger partial charge in [0.05, 0.1) is 25.4 Å². The number of hydrogen-bond acceptors (Lipinski definition) is 5. The summed E-state index contributed by atoms with van der Waals surface area (Å²) in [4.78, 5) is 34.9. The number of amides is 3. The van der Waals surface area contributed by atoms with Crippen LogP contribution in [0.4, 0.5) is 11.4 Å². The summed E-state index contributed by atoms with van der Waals surface area (Å²) in [5, 5.41) is 7.72. The second-order valence-electron chi connectivity index (χ2n) is 5.63. The normalized spacial score (nSPS) is 11.1. The van der Waals surface area contributed by atoms with Gasteiger partial charge in [0.2, 0.25) is 17.7 Å². The van der Waals surface area contributed by atoms with Crippen molar-refractivity contribution in [3.63, 3.8) is 0 Å². The lowest BCUT2D eigenvalue weighted by Crippen LogP contribution is -2.46. The lowest BCUT2D eigenvalue weighted by molar-refractivity contribution is -0.125. The van der Waals surface area contributed by atoms with Crippen molar-refractivity contribution in [2.45, 2.75) is 26.8 Å². The van der Waals surface area contributed by atoms with Crippen molar-refractivity contribution in [2.75, 3.05) is 24.3 Å². The SMILES string of the molecule is COc1ccc(NC(C)=O)cc1NC(=O)CNC(=O)[C@@H](N)C(C)C.Cl. The van der Waals surface area contributed by atoms with E-state index in [1.54, 1.807) is 18.2 Å². The zero-order valence-electron chi connectivity index (χ0n) is 14.7. The fourth-order valence-electron chi connectivity index (χ4n) is 1.87. The van der Waals surface area contributed by atoms with Crippen molar-refractivity contribution in [2.24, 2.45) is 11.7 Å². The van der Waals surface area contributed by atoms with Crippen LogP contribution in [0.1, 0.15) is 20.8 Å². The molecule has 0 aliphatic carbocycles. The minimum atomic E-state index is -0.671. The monoisotopic (exact) mass is 372 g/mol. The van der Waals surface area contributed by atoms with Crippen molar-refractivity contribution >= 4 is 41.5 Å². The Hall–Kier alpha value is -2.32. The van der Waals surface area contributed by atoms with Crippen LogP contribution in [0, 0.1) is 5.92 Å². The fraction of sp³-hybridized carbons (Fsp3) is 0.438. The van der Waals surface area contributed by atoms with Gasteiger partial charge >= 0.3 is 0 Å². The summed E-state index contributed by atoms with van der Waals surface area (Å²) < 4.78 is 5.17. The van der Waals surface area contributed by atoms with E-state index in [1.807, 2.05) is 13.8 Å². The lowest BCUT2D eigenvalue weighted by atomic mass is 10.1. The van der Waals surface area contributed by atoms with Crippen LogP contribution in [0.25, 0.3) is 0 Å². The lowest BCUT2D eigenvalue weighted by Gasteiger charge is -2.16. The molecule has 0 radical (unpaired) electrons. The molecule has 9 heteroatoms. The topological polar surface area (TPSA) is 123 Å². The summed E-state index contributed by atoms with van der Waals surface area (Å²) in [6.45, 7) is 4.81. The Balaban J connectivity index is 0.00000576. The molecule has 0 spiro atoms. The van der Waals surface area contributed by atoms with Gasteiger partial charge in [-0.15, -0.1) is 12.4 Å².